The average molecular weight is 362 g/mol. The van der Waals surface area contributed by atoms with Crippen LogP contribution in [0.3, 0.4) is 0 Å². The van der Waals surface area contributed by atoms with E-state index in [0.29, 0.717) is 42.2 Å². The van der Waals surface area contributed by atoms with Crippen molar-refractivity contribution in [2.75, 3.05) is 6.61 Å². The lowest BCUT2D eigenvalue weighted by atomic mass is 9.99. The molecule has 1 heterocycles. The van der Waals surface area contributed by atoms with Crippen LogP contribution in [-0.2, 0) is 11.3 Å². The normalized spacial score (nSPS) is 16.4. The minimum absolute atomic E-state index is 0.00937. The molecule has 2 N–H and O–H groups in total. The topological polar surface area (TPSA) is 71.3 Å². The fraction of sp³-hybridized carbons (Fsp3) is 0.316. The maximum absolute atomic E-state index is 10.1. The quantitative estimate of drug-likeness (QED) is 0.805. The molecule has 0 saturated heterocycles. The van der Waals surface area contributed by atoms with Gasteiger partial charge in [0.25, 0.3) is 0 Å². The molecule has 1 aliphatic heterocycles. The van der Waals surface area contributed by atoms with Crippen molar-refractivity contribution in [1.29, 1.82) is 0 Å². The number of oxime groups is 1. The first-order valence-corrected chi connectivity index (χ1v) is 8.61. The lowest BCUT2D eigenvalue weighted by Crippen LogP contribution is -2.13. The Kier molecular flexibility index (Phi) is 5.34. The summed E-state index contributed by atoms with van der Waals surface area (Å²) in [4.78, 5) is 5.45. The van der Waals surface area contributed by atoms with Crippen LogP contribution in [0.15, 0.2) is 41.6 Å². The van der Waals surface area contributed by atoms with Gasteiger partial charge in [0.15, 0.2) is 0 Å². The molecule has 0 bridgehead atoms. The van der Waals surface area contributed by atoms with Gasteiger partial charge in [0.05, 0.1) is 12.3 Å². The summed E-state index contributed by atoms with van der Waals surface area (Å²) in [6.45, 7) is 2.44. The summed E-state index contributed by atoms with van der Waals surface area (Å²) in [5.41, 5.74) is 2.06. The first kappa shape index (κ1) is 17.4. The summed E-state index contributed by atoms with van der Waals surface area (Å²) in [6.07, 6.45) is 1.84. The van der Waals surface area contributed by atoms with Crippen molar-refractivity contribution in [2.45, 2.75) is 32.3 Å². The molecule has 0 radical (unpaired) electrons. The molecule has 0 aliphatic carbocycles. The number of benzene rings is 2. The SMILES string of the molecule is CCc1cc(C2=NOC(CCOc3ccc(Cl)cc3)C2)c(O)cc1O. The first-order valence-electron chi connectivity index (χ1n) is 8.23. The maximum atomic E-state index is 10.1. The van der Waals surface area contributed by atoms with Crippen molar-refractivity contribution < 1.29 is 19.8 Å². The molecule has 1 unspecified atom stereocenters. The van der Waals surface area contributed by atoms with E-state index < -0.39 is 0 Å². The molecule has 1 atom stereocenters. The van der Waals surface area contributed by atoms with Gasteiger partial charge in [0, 0.05) is 29.5 Å². The van der Waals surface area contributed by atoms with E-state index in [4.69, 9.17) is 21.2 Å². The van der Waals surface area contributed by atoms with Crippen LogP contribution in [0.2, 0.25) is 5.02 Å². The second-order valence-corrected chi connectivity index (χ2v) is 6.35. The lowest BCUT2D eigenvalue weighted by molar-refractivity contribution is 0.0675. The van der Waals surface area contributed by atoms with Gasteiger partial charge in [-0.1, -0.05) is 23.7 Å². The van der Waals surface area contributed by atoms with Gasteiger partial charge < -0.3 is 19.8 Å². The van der Waals surface area contributed by atoms with E-state index in [1.165, 1.54) is 6.07 Å². The van der Waals surface area contributed by atoms with Crippen molar-refractivity contribution in [3.63, 3.8) is 0 Å². The minimum Gasteiger partial charge on any atom is -0.508 e. The highest BCUT2D eigenvalue weighted by Gasteiger charge is 2.24. The van der Waals surface area contributed by atoms with E-state index in [1.54, 1.807) is 18.2 Å². The summed E-state index contributed by atoms with van der Waals surface area (Å²) in [6, 6.07) is 10.3. The summed E-state index contributed by atoms with van der Waals surface area (Å²) in [7, 11) is 0. The molecule has 1 aliphatic rings. The number of hydrogen-bond donors (Lipinski definition) is 2. The van der Waals surface area contributed by atoms with Crippen molar-refractivity contribution in [3.8, 4) is 17.2 Å². The molecule has 0 amide bonds. The predicted octanol–water partition coefficient (Wildman–Crippen LogP) is 4.28. The van der Waals surface area contributed by atoms with Gasteiger partial charge in [0.1, 0.15) is 23.4 Å². The fourth-order valence-corrected chi connectivity index (χ4v) is 2.84. The third-order valence-electron chi connectivity index (χ3n) is 4.14. The molecule has 0 spiro atoms. The van der Waals surface area contributed by atoms with Gasteiger partial charge >= 0.3 is 0 Å². The number of halogens is 1. The number of rotatable bonds is 6. The van der Waals surface area contributed by atoms with Crippen LogP contribution in [0, 0.1) is 0 Å². The number of aryl methyl sites for hydroxylation is 1. The van der Waals surface area contributed by atoms with Crippen LogP contribution in [0.1, 0.15) is 30.9 Å². The molecule has 0 saturated carbocycles. The Morgan fingerprint density at radius 2 is 1.96 bits per heavy atom. The van der Waals surface area contributed by atoms with Crippen LogP contribution < -0.4 is 4.74 Å². The smallest absolute Gasteiger partial charge is 0.136 e. The number of phenols is 2. The Balaban J connectivity index is 1.55. The molecule has 0 aromatic heterocycles. The van der Waals surface area contributed by atoms with Crippen molar-refractivity contribution in [1.82, 2.24) is 0 Å². The van der Waals surface area contributed by atoms with Crippen LogP contribution in [0.25, 0.3) is 0 Å². The molecule has 6 heteroatoms. The second-order valence-electron chi connectivity index (χ2n) is 5.91. The van der Waals surface area contributed by atoms with E-state index in [0.717, 1.165) is 11.3 Å². The van der Waals surface area contributed by atoms with Crippen molar-refractivity contribution >= 4 is 17.3 Å². The van der Waals surface area contributed by atoms with Crippen LogP contribution in [-0.4, -0.2) is 28.6 Å². The molecule has 5 nitrogen and oxygen atoms in total. The van der Waals surface area contributed by atoms with Crippen LogP contribution >= 0.6 is 11.6 Å². The Morgan fingerprint density at radius 3 is 2.68 bits per heavy atom. The molecule has 25 heavy (non-hydrogen) atoms. The number of phenolic OH excluding ortho intramolecular Hbond substituents is 2. The molecule has 0 fully saturated rings. The van der Waals surface area contributed by atoms with Gasteiger partial charge in [-0.05, 0) is 42.3 Å². The number of ether oxygens (including phenoxy) is 1. The van der Waals surface area contributed by atoms with Gasteiger partial charge in [-0.25, -0.2) is 0 Å². The monoisotopic (exact) mass is 361 g/mol. The van der Waals surface area contributed by atoms with Gasteiger partial charge in [-0.15, -0.1) is 0 Å². The molecule has 2 aromatic rings. The third kappa shape index (κ3) is 4.17. The van der Waals surface area contributed by atoms with E-state index >= 15 is 0 Å². The largest absolute Gasteiger partial charge is 0.508 e. The van der Waals surface area contributed by atoms with E-state index in [-0.39, 0.29) is 17.6 Å². The molecule has 3 rings (SSSR count). The fourth-order valence-electron chi connectivity index (χ4n) is 2.72. The van der Waals surface area contributed by atoms with E-state index in [2.05, 4.69) is 5.16 Å². The van der Waals surface area contributed by atoms with Gasteiger partial charge in [0.2, 0.25) is 0 Å². The molecular formula is C19H20ClNO4. The van der Waals surface area contributed by atoms with Crippen molar-refractivity contribution in [3.05, 3.63) is 52.5 Å². The lowest BCUT2D eigenvalue weighted by Gasteiger charge is -2.10. The number of aromatic hydroxyl groups is 2. The Bertz CT molecular complexity index is 774. The summed E-state index contributed by atoms with van der Waals surface area (Å²) >= 11 is 5.84. The zero-order valence-electron chi connectivity index (χ0n) is 13.9. The average Bonchev–Trinajstić information content (AvgIpc) is 3.05. The highest BCUT2D eigenvalue weighted by molar-refractivity contribution is 6.30. The maximum Gasteiger partial charge on any atom is 0.136 e. The van der Waals surface area contributed by atoms with Crippen LogP contribution in [0.5, 0.6) is 17.2 Å². The Hall–Kier alpha value is -2.40. The predicted molar refractivity (Wildman–Crippen MR) is 96.7 cm³/mol. The molecular weight excluding hydrogens is 342 g/mol. The van der Waals surface area contributed by atoms with E-state index in [1.807, 2.05) is 19.1 Å². The standard InChI is InChI=1S/C19H20ClNO4/c1-2-12-9-16(19(23)11-18(12)22)17-10-15(25-21-17)7-8-24-14-5-3-13(20)4-6-14/h3-6,9,11,15,22-23H,2,7-8,10H2,1H3. The zero-order chi connectivity index (χ0) is 17.8. The summed E-state index contributed by atoms with van der Waals surface area (Å²) in [5.74, 6) is 0.860. The second kappa shape index (κ2) is 7.66. The molecule has 2 aromatic carbocycles. The summed E-state index contributed by atoms with van der Waals surface area (Å²) < 4.78 is 5.67. The van der Waals surface area contributed by atoms with E-state index in [9.17, 15) is 10.2 Å². The third-order valence-corrected chi connectivity index (χ3v) is 4.40. The molecule has 132 valence electrons. The summed E-state index contributed by atoms with van der Waals surface area (Å²) in [5, 5.41) is 24.6. The van der Waals surface area contributed by atoms with Crippen LogP contribution in [0.4, 0.5) is 0 Å². The highest BCUT2D eigenvalue weighted by atomic mass is 35.5. The zero-order valence-corrected chi connectivity index (χ0v) is 14.7. The Morgan fingerprint density at radius 1 is 1.20 bits per heavy atom. The highest BCUT2D eigenvalue weighted by Crippen LogP contribution is 2.31. The number of nitrogens with zero attached hydrogens (tertiary/aromatic N) is 1. The van der Waals surface area contributed by atoms with Gasteiger partial charge in [-0.3, -0.25) is 0 Å². The first-order chi connectivity index (χ1) is 12.1. The minimum atomic E-state index is -0.0967. The van der Waals surface area contributed by atoms with Crippen molar-refractivity contribution in [2.24, 2.45) is 5.16 Å². The Labute approximate surface area is 151 Å². The van der Waals surface area contributed by atoms with Gasteiger partial charge in [-0.2, -0.15) is 0 Å². The number of hydrogen-bond acceptors (Lipinski definition) is 5.